The molecule has 0 saturated carbocycles. The summed E-state index contributed by atoms with van der Waals surface area (Å²) in [6.45, 7) is 3.93. The zero-order valence-electron chi connectivity index (χ0n) is 22.8. The number of hydrogen-bond acceptors (Lipinski definition) is 5. The maximum absolute atomic E-state index is 14.0. The van der Waals surface area contributed by atoms with E-state index in [1.807, 2.05) is 44.2 Å². The normalized spacial score (nSPS) is 14.9. The van der Waals surface area contributed by atoms with Crippen molar-refractivity contribution in [3.8, 4) is 5.75 Å². The summed E-state index contributed by atoms with van der Waals surface area (Å²) in [5, 5.41) is 12.3. The molecule has 0 fully saturated rings. The van der Waals surface area contributed by atoms with Crippen LogP contribution in [0.25, 0.3) is 0 Å². The summed E-state index contributed by atoms with van der Waals surface area (Å²) >= 11 is 0. The molecule has 40 heavy (non-hydrogen) atoms. The lowest BCUT2D eigenvalue weighted by Gasteiger charge is -2.46. The van der Waals surface area contributed by atoms with Gasteiger partial charge < -0.3 is 14.7 Å². The summed E-state index contributed by atoms with van der Waals surface area (Å²) in [6.07, 6.45) is 3.43. The summed E-state index contributed by atoms with van der Waals surface area (Å²) in [4.78, 5) is 29.4. The lowest BCUT2D eigenvalue weighted by Crippen LogP contribution is -2.57. The standard InChI is InChI=1S/C33H33N3O4/c1-22(2)34-21-36(29-27-14-8-6-12-24(27)16-17-25-13-7-9-15-28(25)29)35-18-26(19-37)31(38)32(30(35)33(34)39)40-20-23-10-4-3-5-11-23/h3-15,18,22,29,37H,16-17,19-21H2,1-2H3. The van der Waals surface area contributed by atoms with Gasteiger partial charge in [0, 0.05) is 17.8 Å². The molecule has 204 valence electrons. The van der Waals surface area contributed by atoms with Crippen LogP contribution in [-0.2, 0) is 26.1 Å². The van der Waals surface area contributed by atoms with E-state index < -0.39 is 12.0 Å². The van der Waals surface area contributed by atoms with Crippen molar-refractivity contribution in [3.63, 3.8) is 0 Å². The largest absolute Gasteiger partial charge is 0.482 e. The topological polar surface area (TPSA) is 75.0 Å². The molecule has 0 unspecified atom stereocenters. The Kier molecular flexibility index (Phi) is 6.90. The molecule has 0 radical (unpaired) electrons. The van der Waals surface area contributed by atoms with Gasteiger partial charge in [-0.3, -0.25) is 19.3 Å². The van der Waals surface area contributed by atoms with Gasteiger partial charge in [-0.25, -0.2) is 0 Å². The van der Waals surface area contributed by atoms with Crippen molar-refractivity contribution >= 4 is 5.91 Å². The van der Waals surface area contributed by atoms with Gasteiger partial charge >= 0.3 is 0 Å². The molecule has 1 amide bonds. The Balaban J connectivity index is 1.58. The molecule has 0 spiro atoms. The van der Waals surface area contributed by atoms with Gasteiger partial charge in [-0.05, 0) is 54.5 Å². The third kappa shape index (κ3) is 4.46. The lowest BCUT2D eigenvalue weighted by atomic mass is 9.94. The molecule has 7 nitrogen and oxygen atoms in total. The summed E-state index contributed by atoms with van der Waals surface area (Å²) in [6, 6.07) is 26.1. The molecule has 0 saturated heterocycles. The van der Waals surface area contributed by atoms with E-state index in [9.17, 15) is 14.7 Å². The second-order valence-corrected chi connectivity index (χ2v) is 10.7. The maximum atomic E-state index is 14.0. The van der Waals surface area contributed by atoms with Crippen LogP contribution in [0.15, 0.2) is 89.9 Å². The summed E-state index contributed by atoms with van der Waals surface area (Å²) < 4.78 is 7.90. The highest BCUT2D eigenvalue weighted by atomic mass is 16.5. The van der Waals surface area contributed by atoms with E-state index in [0.29, 0.717) is 6.67 Å². The van der Waals surface area contributed by atoms with Gasteiger partial charge in [0.1, 0.15) is 13.3 Å². The van der Waals surface area contributed by atoms with Crippen molar-refractivity contribution in [2.24, 2.45) is 0 Å². The van der Waals surface area contributed by atoms with Crippen molar-refractivity contribution < 1.29 is 14.6 Å². The molecule has 2 heterocycles. The monoisotopic (exact) mass is 535 g/mol. The fourth-order valence-corrected chi connectivity index (χ4v) is 5.85. The SMILES string of the molecule is CC(C)N1CN(C2c3ccccc3CCc3ccccc32)n2cc(CO)c(=O)c(OCc3ccccc3)c2C1=O. The molecule has 2 aliphatic rings. The van der Waals surface area contributed by atoms with Gasteiger partial charge in [-0.15, -0.1) is 0 Å². The van der Waals surface area contributed by atoms with Gasteiger partial charge in [0.2, 0.25) is 5.43 Å². The predicted molar refractivity (Wildman–Crippen MR) is 154 cm³/mol. The first kappa shape index (κ1) is 25.9. The summed E-state index contributed by atoms with van der Waals surface area (Å²) in [7, 11) is 0. The molecule has 0 atom stereocenters. The van der Waals surface area contributed by atoms with Crippen LogP contribution in [0, 0.1) is 0 Å². The quantitative estimate of drug-likeness (QED) is 0.392. The Morgan fingerprint density at radius 2 is 1.48 bits per heavy atom. The highest BCUT2D eigenvalue weighted by molar-refractivity contribution is 5.96. The number of aliphatic hydroxyl groups is 1. The predicted octanol–water partition coefficient (Wildman–Crippen LogP) is 4.57. The first-order valence-electron chi connectivity index (χ1n) is 13.8. The van der Waals surface area contributed by atoms with Crippen LogP contribution in [0.2, 0.25) is 0 Å². The molecule has 7 heteroatoms. The van der Waals surface area contributed by atoms with Crippen LogP contribution in [0.5, 0.6) is 5.75 Å². The van der Waals surface area contributed by atoms with E-state index in [1.165, 1.54) is 11.1 Å². The Hall–Kier alpha value is -4.36. The average Bonchev–Trinajstić information content (AvgIpc) is 3.14. The number of amides is 1. The zero-order chi connectivity index (χ0) is 27.8. The Labute approximate surface area is 233 Å². The smallest absolute Gasteiger partial charge is 0.278 e. The Morgan fingerprint density at radius 1 is 0.875 bits per heavy atom. The highest BCUT2D eigenvalue weighted by Crippen LogP contribution is 2.38. The van der Waals surface area contributed by atoms with Crippen LogP contribution in [0.3, 0.4) is 0 Å². The minimum absolute atomic E-state index is 0.0362. The van der Waals surface area contributed by atoms with Crippen molar-refractivity contribution in [1.82, 2.24) is 9.58 Å². The van der Waals surface area contributed by atoms with E-state index in [1.54, 1.807) is 15.8 Å². The zero-order valence-corrected chi connectivity index (χ0v) is 22.8. The van der Waals surface area contributed by atoms with Gasteiger partial charge in [0.05, 0.1) is 12.6 Å². The number of nitrogens with zero attached hydrogens (tertiary/aromatic N) is 3. The number of aromatic nitrogens is 1. The molecular weight excluding hydrogens is 502 g/mol. The van der Waals surface area contributed by atoms with E-state index in [-0.39, 0.29) is 41.6 Å². The van der Waals surface area contributed by atoms with Crippen molar-refractivity contribution in [2.45, 2.75) is 52.0 Å². The fraction of sp³-hybridized carbons (Fsp3) is 0.273. The van der Waals surface area contributed by atoms with Crippen LogP contribution in [0.4, 0.5) is 0 Å². The number of carbonyl (C=O) groups is 1. The molecule has 6 rings (SSSR count). The third-order valence-electron chi connectivity index (χ3n) is 7.94. The van der Waals surface area contributed by atoms with Crippen LogP contribution >= 0.6 is 0 Å². The lowest BCUT2D eigenvalue weighted by molar-refractivity contribution is 0.0617. The van der Waals surface area contributed by atoms with Gasteiger partial charge in [-0.2, -0.15) is 0 Å². The van der Waals surface area contributed by atoms with E-state index in [4.69, 9.17) is 4.74 Å². The number of ether oxygens (including phenoxy) is 1. The Bertz CT molecular complexity index is 1560. The van der Waals surface area contributed by atoms with Crippen molar-refractivity contribution in [3.05, 3.63) is 134 Å². The van der Waals surface area contributed by atoms with Gasteiger partial charge in [-0.1, -0.05) is 78.9 Å². The fourth-order valence-electron chi connectivity index (χ4n) is 5.85. The first-order chi connectivity index (χ1) is 19.5. The van der Waals surface area contributed by atoms with Crippen LogP contribution in [0.1, 0.15) is 63.8 Å². The summed E-state index contributed by atoms with van der Waals surface area (Å²) in [5.74, 6) is -0.308. The van der Waals surface area contributed by atoms with Gasteiger partial charge in [0.25, 0.3) is 5.91 Å². The third-order valence-corrected chi connectivity index (χ3v) is 7.94. The molecule has 1 aliphatic carbocycles. The van der Waals surface area contributed by atoms with Crippen molar-refractivity contribution in [2.75, 3.05) is 11.7 Å². The molecule has 0 bridgehead atoms. The number of rotatable bonds is 6. The number of hydrogen-bond donors (Lipinski definition) is 1. The van der Waals surface area contributed by atoms with E-state index in [2.05, 4.69) is 53.5 Å². The molecule has 1 N–H and O–H groups in total. The second kappa shape index (κ2) is 10.7. The number of aryl methyl sites for hydroxylation is 2. The molecule has 1 aromatic heterocycles. The first-order valence-corrected chi connectivity index (χ1v) is 13.8. The van der Waals surface area contributed by atoms with E-state index >= 15 is 0 Å². The Morgan fingerprint density at radius 3 is 2.08 bits per heavy atom. The maximum Gasteiger partial charge on any atom is 0.278 e. The number of carbonyl (C=O) groups excluding carboxylic acids is 1. The van der Waals surface area contributed by atoms with Crippen LogP contribution in [-0.4, -0.2) is 33.3 Å². The number of benzene rings is 3. The minimum atomic E-state index is -0.467. The van der Waals surface area contributed by atoms with Gasteiger partial charge in [0.15, 0.2) is 11.4 Å². The minimum Gasteiger partial charge on any atom is -0.482 e. The van der Waals surface area contributed by atoms with Crippen LogP contribution < -0.4 is 15.2 Å². The molecule has 4 aromatic rings. The second-order valence-electron chi connectivity index (χ2n) is 10.7. The molecule has 1 aliphatic heterocycles. The summed E-state index contributed by atoms with van der Waals surface area (Å²) in [5.41, 5.74) is 5.59. The molecule has 3 aromatic carbocycles. The van der Waals surface area contributed by atoms with Crippen molar-refractivity contribution in [1.29, 1.82) is 0 Å². The highest BCUT2D eigenvalue weighted by Gasteiger charge is 2.40. The average molecular weight is 536 g/mol. The number of aliphatic hydroxyl groups excluding tert-OH is 1. The molecular formula is C33H33N3O4. The number of pyridine rings is 1. The van der Waals surface area contributed by atoms with E-state index in [0.717, 1.165) is 29.5 Å². The number of fused-ring (bicyclic) bond motifs is 3.